The van der Waals surface area contributed by atoms with Crippen LogP contribution in [-0.2, 0) is 34.2 Å². The Bertz CT molecular complexity index is 1760. The molecule has 49 heavy (non-hydrogen) atoms. The number of methoxy groups -OCH3 is 2. The molecular weight excluding hydrogens is 634 g/mol. The number of aliphatic carboxylic acids is 1. The van der Waals surface area contributed by atoms with Crippen LogP contribution < -0.4 is 20.5 Å². The zero-order valence-electron chi connectivity index (χ0n) is 27.2. The van der Waals surface area contributed by atoms with Crippen LogP contribution in [0.15, 0.2) is 95.9 Å². The van der Waals surface area contributed by atoms with Gasteiger partial charge < -0.3 is 34.1 Å². The Hall–Kier alpha value is -5.53. The van der Waals surface area contributed by atoms with E-state index in [0.717, 1.165) is 16.7 Å². The summed E-state index contributed by atoms with van der Waals surface area (Å²) in [6, 6.07) is 26.0. The summed E-state index contributed by atoms with van der Waals surface area (Å²) < 4.78 is 31.2. The molecule has 13 nitrogen and oxygen atoms in total. The van der Waals surface area contributed by atoms with E-state index in [1.54, 1.807) is 14.2 Å². The number of anilines is 1. The van der Waals surface area contributed by atoms with Gasteiger partial charge >= 0.3 is 17.6 Å². The van der Waals surface area contributed by atoms with E-state index in [1.807, 2.05) is 78.9 Å². The molecule has 1 amide bonds. The number of hydrogen-bond acceptors (Lipinski definition) is 10. The molecule has 3 atom stereocenters. The van der Waals surface area contributed by atoms with Gasteiger partial charge in [0.15, 0.2) is 0 Å². The molecule has 0 radical (unpaired) electrons. The van der Waals surface area contributed by atoms with Crippen molar-refractivity contribution in [2.45, 2.75) is 50.2 Å². The van der Waals surface area contributed by atoms with Crippen molar-refractivity contribution in [1.29, 1.82) is 0 Å². The summed E-state index contributed by atoms with van der Waals surface area (Å²) in [4.78, 5) is 52.2. The number of nitrogens with one attached hydrogen (secondary N) is 1. The standard InChI is InChI=1S/C36H37N3O10/c1-23(40)37-31-19-20-39(35(44)38-31)32-21-29(30(48-32)22-47-34(43)18-17-33(41)42)49-36(24-7-5-4-6-8-24,25-9-13-27(45-2)14-10-25)26-11-15-28(46-3)16-12-26/h4-16,19-20,29-30,32H,17-18,21-22H2,1-3H3,(H,41,42)(H,37,38,40,44)/t29-,30+,32+/m0/s1. The van der Waals surface area contributed by atoms with Gasteiger partial charge in [-0.3, -0.25) is 19.0 Å². The van der Waals surface area contributed by atoms with E-state index in [-0.39, 0.29) is 37.6 Å². The van der Waals surface area contributed by atoms with Crippen LogP contribution in [-0.4, -0.2) is 65.5 Å². The minimum atomic E-state index is -1.26. The number of rotatable bonds is 14. The molecule has 0 unspecified atom stereocenters. The topological polar surface area (TPSA) is 165 Å². The SMILES string of the molecule is COc1ccc(C(O[C@H]2C[C@H](n3ccc(NC(C)=O)nc3=O)O[C@@H]2COC(=O)CCC(=O)O)(c2ccccc2)c2ccc(OC)cc2)cc1. The van der Waals surface area contributed by atoms with Gasteiger partial charge in [0.2, 0.25) is 5.91 Å². The van der Waals surface area contributed by atoms with Gasteiger partial charge in [0.05, 0.1) is 33.2 Å². The number of carbonyl (C=O) groups excluding carboxylic acids is 2. The smallest absolute Gasteiger partial charge is 0.351 e. The second-order valence-electron chi connectivity index (χ2n) is 11.3. The lowest BCUT2D eigenvalue weighted by atomic mass is 9.79. The lowest BCUT2D eigenvalue weighted by Gasteiger charge is -2.39. The number of ether oxygens (including phenoxy) is 5. The Morgan fingerprint density at radius 2 is 1.49 bits per heavy atom. The number of hydrogen-bond donors (Lipinski definition) is 2. The highest BCUT2D eigenvalue weighted by Gasteiger charge is 2.46. The molecule has 4 aromatic rings. The Kier molecular flexibility index (Phi) is 11.1. The number of carboxylic acid groups (broad SMARTS) is 1. The van der Waals surface area contributed by atoms with Crippen molar-refractivity contribution >= 4 is 23.7 Å². The predicted molar refractivity (Wildman–Crippen MR) is 176 cm³/mol. The number of aromatic nitrogens is 2. The number of amides is 1. The Balaban J connectivity index is 1.59. The van der Waals surface area contributed by atoms with Gasteiger partial charge in [0.1, 0.15) is 41.9 Å². The fourth-order valence-electron chi connectivity index (χ4n) is 5.74. The molecule has 1 aliphatic heterocycles. The minimum absolute atomic E-state index is 0.0885. The fraction of sp³-hybridized carbons (Fsp3) is 0.306. The molecule has 2 heterocycles. The average molecular weight is 672 g/mol. The summed E-state index contributed by atoms with van der Waals surface area (Å²) in [5, 5.41) is 11.5. The summed E-state index contributed by atoms with van der Waals surface area (Å²) in [5.41, 5.74) is 0.359. The first kappa shape index (κ1) is 34.8. The van der Waals surface area contributed by atoms with Crippen LogP contribution in [0.3, 0.4) is 0 Å². The lowest BCUT2D eigenvalue weighted by Crippen LogP contribution is -2.41. The van der Waals surface area contributed by atoms with E-state index >= 15 is 0 Å². The first-order chi connectivity index (χ1) is 23.6. The number of nitrogens with zero attached hydrogens (tertiary/aromatic N) is 2. The van der Waals surface area contributed by atoms with E-state index in [0.29, 0.717) is 11.5 Å². The first-order valence-corrected chi connectivity index (χ1v) is 15.5. The summed E-state index contributed by atoms with van der Waals surface area (Å²) in [6.07, 6.45) is -1.68. The molecule has 0 bridgehead atoms. The minimum Gasteiger partial charge on any atom is -0.497 e. The van der Waals surface area contributed by atoms with Gasteiger partial charge in [-0.2, -0.15) is 4.98 Å². The zero-order chi connectivity index (χ0) is 35.0. The summed E-state index contributed by atoms with van der Waals surface area (Å²) >= 11 is 0. The van der Waals surface area contributed by atoms with Crippen LogP contribution in [0.2, 0.25) is 0 Å². The molecule has 0 saturated carbocycles. The number of esters is 1. The second-order valence-corrected chi connectivity index (χ2v) is 11.3. The summed E-state index contributed by atoms with van der Waals surface area (Å²) in [6.45, 7) is 1.03. The van der Waals surface area contributed by atoms with Gasteiger partial charge in [0.25, 0.3) is 0 Å². The highest BCUT2D eigenvalue weighted by atomic mass is 16.6. The predicted octanol–water partition coefficient (Wildman–Crippen LogP) is 4.29. The third kappa shape index (κ3) is 8.13. The van der Waals surface area contributed by atoms with Crippen molar-refractivity contribution < 1.29 is 43.2 Å². The van der Waals surface area contributed by atoms with E-state index < -0.39 is 41.7 Å². The van der Waals surface area contributed by atoms with E-state index in [9.17, 15) is 19.2 Å². The fourth-order valence-corrected chi connectivity index (χ4v) is 5.74. The molecule has 1 aromatic heterocycles. The van der Waals surface area contributed by atoms with Gasteiger partial charge in [-0.1, -0.05) is 54.6 Å². The molecule has 0 aliphatic carbocycles. The summed E-state index contributed by atoms with van der Waals surface area (Å²) in [5.74, 6) is -0.848. The van der Waals surface area contributed by atoms with Gasteiger partial charge in [-0.15, -0.1) is 0 Å². The molecule has 2 N–H and O–H groups in total. The van der Waals surface area contributed by atoms with Gasteiger partial charge in [-0.25, -0.2) is 4.79 Å². The molecule has 1 saturated heterocycles. The number of carboxylic acids is 1. The molecule has 5 rings (SSSR count). The Morgan fingerprint density at radius 3 is 2.02 bits per heavy atom. The highest BCUT2D eigenvalue weighted by Crippen LogP contribution is 2.45. The maximum atomic E-state index is 13.1. The van der Waals surface area contributed by atoms with Crippen LogP contribution in [0.4, 0.5) is 5.82 Å². The number of benzene rings is 3. The van der Waals surface area contributed by atoms with Crippen molar-refractivity contribution in [1.82, 2.24) is 9.55 Å². The van der Waals surface area contributed by atoms with E-state index in [1.165, 1.54) is 23.8 Å². The number of carbonyl (C=O) groups is 3. The molecule has 0 spiro atoms. The van der Waals surface area contributed by atoms with Crippen LogP contribution in [0, 0.1) is 0 Å². The van der Waals surface area contributed by atoms with Crippen LogP contribution >= 0.6 is 0 Å². The molecule has 1 aliphatic rings. The van der Waals surface area contributed by atoms with E-state index in [4.69, 9.17) is 28.8 Å². The quantitative estimate of drug-likeness (QED) is 0.145. The zero-order valence-corrected chi connectivity index (χ0v) is 27.2. The maximum Gasteiger partial charge on any atom is 0.351 e. The van der Waals surface area contributed by atoms with Crippen LogP contribution in [0.5, 0.6) is 11.5 Å². The third-order valence-corrected chi connectivity index (χ3v) is 8.08. The van der Waals surface area contributed by atoms with Gasteiger partial charge in [0, 0.05) is 19.5 Å². The molecule has 3 aromatic carbocycles. The average Bonchev–Trinajstić information content (AvgIpc) is 3.50. The Morgan fingerprint density at radius 1 is 0.898 bits per heavy atom. The highest BCUT2D eigenvalue weighted by molar-refractivity contribution is 5.87. The molecular formula is C36H37N3O10. The monoisotopic (exact) mass is 671 g/mol. The van der Waals surface area contributed by atoms with Crippen LogP contribution in [0.25, 0.3) is 0 Å². The van der Waals surface area contributed by atoms with Crippen molar-refractivity contribution in [3.63, 3.8) is 0 Å². The Labute approximate surface area is 282 Å². The molecule has 1 fully saturated rings. The normalized spacial score (nSPS) is 17.2. The van der Waals surface area contributed by atoms with Crippen LogP contribution in [0.1, 0.15) is 49.1 Å². The molecule has 13 heteroatoms. The maximum absolute atomic E-state index is 13.1. The first-order valence-electron chi connectivity index (χ1n) is 15.5. The van der Waals surface area contributed by atoms with Crippen molar-refractivity contribution in [2.24, 2.45) is 0 Å². The summed E-state index contributed by atoms with van der Waals surface area (Å²) in [7, 11) is 3.16. The van der Waals surface area contributed by atoms with Crippen molar-refractivity contribution in [2.75, 3.05) is 26.1 Å². The van der Waals surface area contributed by atoms with Crippen molar-refractivity contribution in [3.8, 4) is 11.5 Å². The lowest BCUT2D eigenvalue weighted by molar-refractivity contribution is -0.155. The van der Waals surface area contributed by atoms with E-state index in [2.05, 4.69) is 10.3 Å². The molecule has 256 valence electrons. The third-order valence-electron chi connectivity index (χ3n) is 8.08. The second kappa shape index (κ2) is 15.6. The van der Waals surface area contributed by atoms with Crippen molar-refractivity contribution in [3.05, 3.63) is 118 Å². The van der Waals surface area contributed by atoms with Gasteiger partial charge in [-0.05, 0) is 47.0 Å². The largest absolute Gasteiger partial charge is 0.497 e.